The Balaban J connectivity index is 1.73. The van der Waals surface area contributed by atoms with Crippen LogP contribution < -0.4 is 9.62 Å². The summed E-state index contributed by atoms with van der Waals surface area (Å²) in [6.07, 6.45) is 1.41. The fourth-order valence-corrected chi connectivity index (χ4v) is 5.97. The van der Waals surface area contributed by atoms with Crippen LogP contribution in [0.4, 0.5) is 10.8 Å². The molecule has 3 rings (SSSR count). The lowest BCUT2D eigenvalue weighted by Crippen LogP contribution is -2.47. The van der Waals surface area contributed by atoms with Crippen molar-refractivity contribution >= 4 is 49.8 Å². The van der Waals surface area contributed by atoms with Crippen LogP contribution in [0.5, 0.6) is 0 Å². The molecule has 0 fully saturated rings. The van der Waals surface area contributed by atoms with Crippen LogP contribution in [0.2, 0.25) is 0 Å². The number of aromatic nitrogens is 2. The lowest BCUT2D eigenvalue weighted by molar-refractivity contribution is -0.117. The van der Waals surface area contributed by atoms with Gasteiger partial charge in [0.25, 0.3) is 0 Å². The number of carbonyl (C=O) groups is 1. The number of hydrogen-bond donors (Lipinski definition) is 1. The average molecular weight is 477 g/mol. The van der Waals surface area contributed by atoms with Gasteiger partial charge in [0.1, 0.15) is 6.04 Å². The highest BCUT2D eigenvalue weighted by Crippen LogP contribution is 2.29. The maximum absolute atomic E-state index is 13.0. The average Bonchev–Trinajstić information content (AvgIpc) is 3.17. The molecule has 1 heterocycles. The monoisotopic (exact) mass is 476 g/mol. The number of carbonyl (C=O) groups excluding carboxylic acids is 1. The van der Waals surface area contributed by atoms with Gasteiger partial charge in [-0.2, -0.15) is 0 Å². The molecule has 0 aliphatic heterocycles. The molecule has 0 saturated heterocycles. The minimum absolute atomic E-state index is 0.307. The van der Waals surface area contributed by atoms with Gasteiger partial charge in [-0.25, -0.2) is 8.42 Å². The fraction of sp³-hybridized carbons (Fsp3) is 0.286. The quantitative estimate of drug-likeness (QED) is 0.365. The van der Waals surface area contributed by atoms with Crippen molar-refractivity contribution in [1.29, 1.82) is 0 Å². The van der Waals surface area contributed by atoms with Crippen LogP contribution in [0.25, 0.3) is 0 Å². The largest absolute Gasteiger partial charge is 0.299 e. The normalized spacial score (nSPS) is 12.4. The highest BCUT2D eigenvalue weighted by molar-refractivity contribution is 8.00. The molecule has 0 aliphatic rings. The topological polar surface area (TPSA) is 92.3 Å². The number of hydrogen-bond acceptors (Lipinski definition) is 7. The molecular weight excluding hydrogens is 452 g/mol. The van der Waals surface area contributed by atoms with Crippen molar-refractivity contribution in [1.82, 2.24) is 10.2 Å². The van der Waals surface area contributed by atoms with Gasteiger partial charge in [0.2, 0.25) is 21.1 Å². The Labute approximate surface area is 191 Å². The first-order valence-corrected chi connectivity index (χ1v) is 13.3. The van der Waals surface area contributed by atoms with E-state index < -0.39 is 22.0 Å². The minimum atomic E-state index is -3.68. The molecule has 3 aromatic rings. The van der Waals surface area contributed by atoms with Gasteiger partial charge in [0.15, 0.2) is 4.34 Å². The molecule has 0 bridgehead atoms. The summed E-state index contributed by atoms with van der Waals surface area (Å²) in [5.74, 6) is 0.307. The minimum Gasteiger partial charge on any atom is -0.299 e. The van der Waals surface area contributed by atoms with E-state index in [4.69, 9.17) is 0 Å². The van der Waals surface area contributed by atoms with E-state index in [9.17, 15) is 13.2 Å². The van der Waals surface area contributed by atoms with E-state index in [2.05, 4.69) is 15.5 Å². The van der Waals surface area contributed by atoms with Crippen molar-refractivity contribution in [2.45, 2.75) is 36.4 Å². The first-order valence-electron chi connectivity index (χ1n) is 9.65. The van der Waals surface area contributed by atoms with E-state index in [0.717, 1.165) is 21.9 Å². The van der Waals surface area contributed by atoms with Crippen molar-refractivity contribution in [3.8, 4) is 0 Å². The van der Waals surface area contributed by atoms with Crippen molar-refractivity contribution in [3.05, 3.63) is 65.7 Å². The van der Waals surface area contributed by atoms with Crippen LogP contribution in [-0.4, -0.2) is 36.8 Å². The molecule has 0 saturated carbocycles. The molecule has 0 spiro atoms. The lowest BCUT2D eigenvalue weighted by atomic mass is 10.1. The molecule has 10 heteroatoms. The third kappa shape index (κ3) is 6.28. The Morgan fingerprint density at radius 3 is 2.55 bits per heavy atom. The highest BCUT2D eigenvalue weighted by atomic mass is 32.2. The van der Waals surface area contributed by atoms with Crippen molar-refractivity contribution < 1.29 is 13.2 Å². The first kappa shape index (κ1) is 23.2. The third-order valence-corrected chi connectivity index (χ3v) is 7.65. The molecule has 1 aromatic heterocycles. The summed E-state index contributed by atoms with van der Waals surface area (Å²) in [6, 6.07) is 16.2. The second-order valence-corrected chi connectivity index (χ2v) is 11.0. The SMILES string of the molecule is CCC(C(=O)Nc1nnc(SCc2ccccc2)s1)N(c1cccc(C)c1)S(C)(=O)=O. The number of amides is 1. The molecule has 7 nitrogen and oxygen atoms in total. The van der Waals surface area contributed by atoms with Crippen molar-refractivity contribution in [2.24, 2.45) is 0 Å². The summed E-state index contributed by atoms with van der Waals surface area (Å²) in [6.45, 7) is 3.65. The zero-order valence-corrected chi connectivity index (χ0v) is 19.9. The summed E-state index contributed by atoms with van der Waals surface area (Å²) in [5.41, 5.74) is 2.53. The van der Waals surface area contributed by atoms with Gasteiger partial charge in [-0.05, 0) is 36.6 Å². The molecule has 1 unspecified atom stereocenters. The van der Waals surface area contributed by atoms with Gasteiger partial charge < -0.3 is 0 Å². The number of benzene rings is 2. The van der Waals surface area contributed by atoms with E-state index in [0.29, 0.717) is 17.2 Å². The van der Waals surface area contributed by atoms with Gasteiger partial charge in [0, 0.05) is 5.75 Å². The molecule has 1 atom stereocenters. The second-order valence-electron chi connectivity index (χ2n) is 6.96. The standard InChI is InChI=1S/C21H24N4O3S3/c1-4-18(25(31(3,27)28)17-12-8-9-15(2)13-17)19(26)22-20-23-24-21(30-20)29-14-16-10-6-5-7-11-16/h5-13,18H,4,14H2,1-3H3,(H,22,23,26). The zero-order valence-electron chi connectivity index (χ0n) is 17.5. The number of nitrogens with one attached hydrogen (secondary N) is 1. The highest BCUT2D eigenvalue weighted by Gasteiger charge is 2.32. The summed E-state index contributed by atoms with van der Waals surface area (Å²) in [5, 5.41) is 11.2. The number of thioether (sulfide) groups is 1. The lowest BCUT2D eigenvalue weighted by Gasteiger charge is -2.30. The Morgan fingerprint density at radius 2 is 1.90 bits per heavy atom. The van der Waals surface area contributed by atoms with Crippen LogP contribution in [0.1, 0.15) is 24.5 Å². The molecule has 1 N–H and O–H groups in total. The molecule has 0 radical (unpaired) electrons. The van der Waals surface area contributed by atoms with E-state index in [1.54, 1.807) is 25.1 Å². The number of sulfonamides is 1. The Morgan fingerprint density at radius 1 is 1.16 bits per heavy atom. The van der Waals surface area contributed by atoms with Crippen LogP contribution >= 0.6 is 23.1 Å². The number of rotatable bonds is 9. The van der Waals surface area contributed by atoms with E-state index in [1.807, 2.05) is 43.3 Å². The Kier molecular flexibility index (Phi) is 7.69. The first-order chi connectivity index (χ1) is 14.8. The number of anilines is 2. The maximum Gasteiger partial charge on any atom is 0.250 e. The summed E-state index contributed by atoms with van der Waals surface area (Å²) >= 11 is 2.80. The smallest absolute Gasteiger partial charge is 0.250 e. The molecule has 2 aromatic carbocycles. The number of aryl methyl sites for hydroxylation is 1. The Bertz CT molecular complexity index is 1130. The molecule has 164 valence electrons. The van der Waals surface area contributed by atoms with E-state index in [-0.39, 0.29) is 0 Å². The summed E-state index contributed by atoms with van der Waals surface area (Å²) in [7, 11) is -3.68. The summed E-state index contributed by atoms with van der Waals surface area (Å²) in [4.78, 5) is 13.0. The van der Waals surface area contributed by atoms with Gasteiger partial charge >= 0.3 is 0 Å². The van der Waals surface area contributed by atoms with Gasteiger partial charge in [-0.1, -0.05) is 72.5 Å². The molecule has 1 amide bonds. The van der Waals surface area contributed by atoms with Crippen LogP contribution in [-0.2, 0) is 20.6 Å². The molecule has 31 heavy (non-hydrogen) atoms. The molecule has 0 aliphatic carbocycles. The zero-order chi connectivity index (χ0) is 22.4. The van der Waals surface area contributed by atoms with Crippen LogP contribution in [0.3, 0.4) is 0 Å². The van der Waals surface area contributed by atoms with Gasteiger partial charge in [0.05, 0.1) is 11.9 Å². The van der Waals surface area contributed by atoms with Crippen LogP contribution in [0, 0.1) is 6.92 Å². The second kappa shape index (κ2) is 10.3. The van der Waals surface area contributed by atoms with Crippen LogP contribution in [0.15, 0.2) is 58.9 Å². The Hall–Kier alpha value is -2.43. The molecular formula is C21H24N4O3S3. The maximum atomic E-state index is 13.0. The predicted octanol–water partition coefficient (Wildman–Crippen LogP) is 4.32. The van der Waals surface area contributed by atoms with E-state index >= 15 is 0 Å². The predicted molar refractivity (Wildman–Crippen MR) is 127 cm³/mol. The van der Waals surface area contributed by atoms with Crippen molar-refractivity contribution in [3.63, 3.8) is 0 Å². The van der Waals surface area contributed by atoms with Gasteiger partial charge in [-0.3, -0.25) is 14.4 Å². The van der Waals surface area contributed by atoms with Crippen molar-refractivity contribution in [2.75, 3.05) is 15.9 Å². The van der Waals surface area contributed by atoms with E-state index in [1.165, 1.54) is 33.0 Å². The fourth-order valence-electron chi connectivity index (χ4n) is 3.05. The number of nitrogens with zero attached hydrogens (tertiary/aromatic N) is 3. The third-order valence-electron chi connectivity index (χ3n) is 4.43. The van der Waals surface area contributed by atoms with Gasteiger partial charge in [-0.15, -0.1) is 10.2 Å². The summed E-state index contributed by atoms with van der Waals surface area (Å²) < 4.78 is 27.0.